The molecule has 1 fully saturated rings. The zero-order valence-corrected chi connectivity index (χ0v) is 16.8. The van der Waals surface area contributed by atoms with E-state index >= 15 is 0 Å². The van der Waals surface area contributed by atoms with Gasteiger partial charge in [-0.15, -0.1) is 10.2 Å². The number of ketones is 1. The van der Waals surface area contributed by atoms with E-state index in [4.69, 9.17) is 0 Å². The minimum absolute atomic E-state index is 0.0246. The Bertz CT molecular complexity index is 908. The van der Waals surface area contributed by atoms with Gasteiger partial charge in [0.05, 0.1) is 12.6 Å². The Balaban J connectivity index is 2.00. The van der Waals surface area contributed by atoms with Crippen LogP contribution in [0, 0.1) is 5.41 Å². The number of aromatic nitrogens is 3. The second-order valence-electron chi connectivity index (χ2n) is 7.99. The Hall–Kier alpha value is -2.06. The average molecular weight is 391 g/mol. The van der Waals surface area contributed by atoms with Gasteiger partial charge in [0.2, 0.25) is 9.84 Å². The van der Waals surface area contributed by atoms with E-state index in [2.05, 4.69) is 15.5 Å². The molecule has 8 heteroatoms. The molecule has 1 aliphatic rings. The number of hydrogen-bond acceptors (Lipinski definition) is 6. The first-order chi connectivity index (χ1) is 12.7. The normalized spacial score (nSPS) is 18.0. The summed E-state index contributed by atoms with van der Waals surface area (Å²) in [5.74, 6) is -0.294. The van der Waals surface area contributed by atoms with Crippen LogP contribution >= 0.6 is 0 Å². The molecule has 1 aliphatic heterocycles. The van der Waals surface area contributed by atoms with E-state index in [1.165, 1.54) is 0 Å². The molecule has 7 nitrogen and oxygen atoms in total. The molecule has 0 radical (unpaired) electrons. The smallest absolute Gasteiger partial charge is 0.250 e. The number of nitrogens with zero attached hydrogens (tertiary/aromatic N) is 3. The van der Waals surface area contributed by atoms with Crippen LogP contribution in [0.1, 0.15) is 51.0 Å². The molecule has 2 aromatic rings. The van der Waals surface area contributed by atoms with Crippen molar-refractivity contribution < 1.29 is 13.2 Å². The molecule has 1 aromatic heterocycles. The maximum atomic E-state index is 13.0. The molecule has 0 amide bonds. The van der Waals surface area contributed by atoms with Gasteiger partial charge in [-0.05, 0) is 24.9 Å². The molecule has 1 N–H and O–H groups in total. The van der Waals surface area contributed by atoms with Crippen LogP contribution in [-0.4, -0.2) is 41.3 Å². The van der Waals surface area contributed by atoms with Gasteiger partial charge in [0, 0.05) is 5.41 Å². The van der Waals surface area contributed by atoms with Crippen molar-refractivity contribution in [3.8, 4) is 0 Å². The van der Waals surface area contributed by atoms with E-state index in [1.54, 1.807) is 25.3 Å². The van der Waals surface area contributed by atoms with Gasteiger partial charge in [-0.25, -0.2) is 8.42 Å². The Kier molecular flexibility index (Phi) is 5.48. The third kappa shape index (κ3) is 4.44. The third-order valence-corrected chi connectivity index (χ3v) is 6.24. The highest BCUT2D eigenvalue weighted by molar-refractivity contribution is 7.92. The van der Waals surface area contributed by atoms with Gasteiger partial charge in [-0.3, -0.25) is 9.36 Å². The molecule has 1 saturated heterocycles. The SMILES string of the molecule is CC(C)(C)C(=O)CS(=O)(=O)c1nnc(C2CCCN2)n1Cc1ccccc1. The van der Waals surface area contributed by atoms with Crippen LogP contribution in [0.3, 0.4) is 0 Å². The average Bonchev–Trinajstić information content (AvgIpc) is 3.24. The number of Topliss-reactive ketones (excluding diaryl/α,β-unsaturated/α-hetero) is 1. The van der Waals surface area contributed by atoms with E-state index in [-0.39, 0.29) is 17.0 Å². The second kappa shape index (κ2) is 7.52. The predicted octanol–water partition coefficient (Wildman–Crippen LogP) is 2.14. The first-order valence-corrected chi connectivity index (χ1v) is 10.8. The van der Waals surface area contributed by atoms with Crippen LogP contribution < -0.4 is 5.32 Å². The summed E-state index contributed by atoms with van der Waals surface area (Å²) in [5.41, 5.74) is 0.225. The molecule has 0 aliphatic carbocycles. The number of benzene rings is 1. The molecule has 146 valence electrons. The highest BCUT2D eigenvalue weighted by Gasteiger charge is 2.34. The zero-order valence-electron chi connectivity index (χ0n) is 16.0. The summed E-state index contributed by atoms with van der Waals surface area (Å²) in [6.45, 7) is 6.36. The predicted molar refractivity (Wildman–Crippen MR) is 102 cm³/mol. The molecule has 1 unspecified atom stereocenters. The quantitative estimate of drug-likeness (QED) is 0.812. The fourth-order valence-corrected chi connectivity index (χ4v) is 4.63. The number of hydrogen-bond donors (Lipinski definition) is 1. The number of nitrogens with one attached hydrogen (secondary N) is 1. The lowest BCUT2D eigenvalue weighted by Gasteiger charge is -2.17. The van der Waals surface area contributed by atoms with Crippen molar-refractivity contribution >= 4 is 15.6 Å². The summed E-state index contributed by atoms with van der Waals surface area (Å²) in [5, 5.41) is 11.4. The van der Waals surface area contributed by atoms with Gasteiger partial charge in [0.25, 0.3) is 5.16 Å². The molecule has 0 saturated carbocycles. The summed E-state index contributed by atoms with van der Waals surface area (Å²) in [6, 6.07) is 9.57. The van der Waals surface area contributed by atoms with E-state index in [1.807, 2.05) is 30.3 Å². The summed E-state index contributed by atoms with van der Waals surface area (Å²) < 4.78 is 27.6. The van der Waals surface area contributed by atoms with Crippen LogP contribution in [0.2, 0.25) is 0 Å². The van der Waals surface area contributed by atoms with Gasteiger partial charge in [-0.1, -0.05) is 51.1 Å². The van der Waals surface area contributed by atoms with Gasteiger partial charge in [0.15, 0.2) is 11.6 Å². The molecule has 0 spiro atoms. The first kappa shape index (κ1) is 19.7. The van der Waals surface area contributed by atoms with Gasteiger partial charge in [0.1, 0.15) is 5.75 Å². The largest absolute Gasteiger partial charge is 0.307 e. The van der Waals surface area contributed by atoms with E-state index < -0.39 is 21.0 Å². The number of carbonyl (C=O) groups excluding carboxylic acids is 1. The Morgan fingerprint density at radius 1 is 1.22 bits per heavy atom. The monoisotopic (exact) mass is 390 g/mol. The Labute approximate surface area is 160 Å². The lowest BCUT2D eigenvalue weighted by atomic mass is 9.92. The minimum Gasteiger partial charge on any atom is -0.307 e. The maximum Gasteiger partial charge on any atom is 0.250 e. The molecule has 0 bridgehead atoms. The highest BCUT2D eigenvalue weighted by atomic mass is 32.2. The van der Waals surface area contributed by atoms with Crippen molar-refractivity contribution in [3.63, 3.8) is 0 Å². The number of sulfone groups is 1. The van der Waals surface area contributed by atoms with E-state index in [0.717, 1.165) is 24.9 Å². The Morgan fingerprint density at radius 2 is 1.93 bits per heavy atom. The molecule has 1 atom stereocenters. The zero-order chi connectivity index (χ0) is 19.7. The van der Waals surface area contributed by atoms with Crippen LogP contribution in [0.15, 0.2) is 35.5 Å². The van der Waals surface area contributed by atoms with Gasteiger partial charge in [-0.2, -0.15) is 0 Å². The molecular weight excluding hydrogens is 364 g/mol. The fourth-order valence-electron chi connectivity index (χ4n) is 3.06. The second-order valence-corrected chi connectivity index (χ2v) is 9.88. The minimum atomic E-state index is -3.89. The molecule has 2 heterocycles. The fraction of sp³-hybridized carbons (Fsp3) is 0.526. The highest BCUT2D eigenvalue weighted by Crippen LogP contribution is 2.26. The lowest BCUT2D eigenvalue weighted by Crippen LogP contribution is -2.30. The summed E-state index contributed by atoms with van der Waals surface area (Å²) >= 11 is 0. The first-order valence-electron chi connectivity index (χ1n) is 9.15. The maximum absolute atomic E-state index is 13.0. The topological polar surface area (TPSA) is 93.9 Å². The summed E-state index contributed by atoms with van der Waals surface area (Å²) in [4.78, 5) is 12.3. The van der Waals surface area contributed by atoms with Crippen LogP contribution in [0.25, 0.3) is 0 Å². The van der Waals surface area contributed by atoms with Gasteiger partial charge >= 0.3 is 0 Å². The Morgan fingerprint density at radius 3 is 2.52 bits per heavy atom. The lowest BCUT2D eigenvalue weighted by molar-refractivity contribution is -0.123. The van der Waals surface area contributed by atoms with Crippen LogP contribution in [0.4, 0.5) is 0 Å². The molecule has 1 aromatic carbocycles. The van der Waals surface area contributed by atoms with Crippen molar-refractivity contribution in [2.75, 3.05) is 12.3 Å². The number of rotatable bonds is 6. The molecule has 27 heavy (non-hydrogen) atoms. The van der Waals surface area contributed by atoms with Crippen molar-refractivity contribution in [2.24, 2.45) is 5.41 Å². The van der Waals surface area contributed by atoms with Crippen molar-refractivity contribution in [1.29, 1.82) is 0 Å². The van der Waals surface area contributed by atoms with Crippen LogP contribution in [-0.2, 0) is 21.2 Å². The third-order valence-electron chi connectivity index (χ3n) is 4.74. The van der Waals surface area contributed by atoms with Crippen molar-refractivity contribution in [2.45, 2.75) is 51.4 Å². The van der Waals surface area contributed by atoms with Crippen LogP contribution in [0.5, 0.6) is 0 Å². The van der Waals surface area contributed by atoms with Crippen molar-refractivity contribution in [1.82, 2.24) is 20.1 Å². The van der Waals surface area contributed by atoms with Gasteiger partial charge < -0.3 is 5.32 Å². The number of carbonyl (C=O) groups is 1. The molecule has 3 rings (SSSR count). The van der Waals surface area contributed by atoms with E-state index in [9.17, 15) is 13.2 Å². The van der Waals surface area contributed by atoms with Crippen molar-refractivity contribution in [3.05, 3.63) is 41.7 Å². The summed E-state index contributed by atoms with van der Waals surface area (Å²) in [6.07, 6.45) is 1.89. The summed E-state index contributed by atoms with van der Waals surface area (Å²) in [7, 11) is -3.89. The standard InChI is InChI=1S/C19H26N4O3S/c1-19(2,3)16(24)13-27(25,26)18-22-21-17(15-10-7-11-20-15)23(18)12-14-8-5-4-6-9-14/h4-6,8-9,15,20H,7,10-13H2,1-3H3. The molecular formula is C19H26N4O3S. The van der Waals surface area contributed by atoms with E-state index in [0.29, 0.717) is 12.4 Å².